The summed E-state index contributed by atoms with van der Waals surface area (Å²) in [7, 11) is 4.25. The first-order chi connectivity index (χ1) is 8.06. The van der Waals surface area contributed by atoms with Gasteiger partial charge in [0.2, 0.25) is 0 Å². The van der Waals surface area contributed by atoms with Gasteiger partial charge in [-0.05, 0) is 32.6 Å². The predicted octanol–water partition coefficient (Wildman–Crippen LogP) is 2.52. The van der Waals surface area contributed by atoms with E-state index in [0.717, 1.165) is 25.3 Å². The fourth-order valence-electron chi connectivity index (χ4n) is 2.16. The van der Waals surface area contributed by atoms with Crippen LogP contribution in [0.2, 0.25) is 10.2 Å². The molecule has 1 fully saturated rings. The number of hydrogen-bond donors (Lipinski definition) is 0. The van der Waals surface area contributed by atoms with Crippen LogP contribution in [-0.4, -0.2) is 48.0 Å². The lowest BCUT2D eigenvalue weighted by Gasteiger charge is -2.20. The van der Waals surface area contributed by atoms with Crippen molar-refractivity contribution in [3.8, 4) is 0 Å². The quantitative estimate of drug-likeness (QED) is 0.789. The van der Waals surface area contributed by atoms with Crippen LogP contribution in [0.25, 0.3) is 0 Å². The van der Waals surface area contributed by atoms with Gasteiger partial charge in [0.25, 0.3) is 0 Å². The third-order valence-corrected chi connectivity index (χ3v) is 3.79. The van der Waals surface area contributed by atoms with Crippen molar-refractivity contribution in [1.29, 1.82) is 0 Å². The zero-order chi connectivity index (χ0) is 12.4. The highest BCUT2D eigenvalue weighted by atomic mass is 35.5. The molecule has 3 nitrogen and oxygen atoms in total. The van der Waals surface area contributed by atoms with Gasteiger partial charge in [-0.3, -0.25) is 4.90 Å². The first kappa shape index (κ1) is 13.1. The molecule has 0 amide bonds. The van der Waals surface area contributed by atoms with Gasteiger partial charge >= 0.3 is 0 Å². The highest BCUT2D eigenvalue weighted by molar-refractivity contribution is 6.32. The van der Waals surface area contributed by atoms with Crippen molar-refractivity contribution < 1.29 is 0 Å². The van der Waals surface area contributed by atoms with E-state index in [0.29, 0.717) is 16.2 Å². The summed E-state index contributed by atoms with van der Waals surface area (Å²) in [5.41, 5.74) is 0.874. The Morgan fingerprint density at radius 1 is 1.41 bits per heavy atom. The van der Waals surface area contributed by atoms with Crippen LogP contribution >= 0.6 is 23.2 Å². The highest BCUT2D eigenvalue weighted by Gasteiger charge is 2.24. The molecule has 0 saturated carbocycles. The van der Waals surface area contributed by atoms with Gasteiger partial charge in [-0.15, -0.1) is 0 Å². The van der Waals surface area contributed by atoms with E-state index in [2.05, 4.69) is 28.9 Å². The van der Waals surface area contributed by atoms with Gasteiger partial charge in [-0.1, -0.05) is 23.2 Å². The molecule has 0 bridgehead atoms. The molecule has 1 saturated heterocycles. The summed E-state index contributed by atoms with van der Waals surface area (Å²) in [6.45, 7) is 2.94. The van der Waals surface area contributed by atoms with Crippen LogP contribution in [0, 0.1) is 0 Å². The SMILES string of the molecule is CN(C)C1CCN(Cc2nc(Cl)ccc2Cl)C1. The minimum absolute atomic E-state index is 0.507. The molecule has 0 radical (unpaired) electrons. The molecule has 1 aliphatic heterocycles. The zero-order valence-electron chi connectivity index (χ0n) is 10.2. The molecule has 2 rings (SSSR count). The van der Waals surface area contributed by atoms with Crippen LogP contribution in [0.15, 0.2) is 12.1 Å². The summed E-state index contributed by atoms with van der Waals surface area (Å²) in [6.07, 6.45) is 1.20. The Kier molecular flexibility index (Phi) is 4.26. The third-order valence-electron chi connectivity index (χ3n) is 3.24. The number of rotatable bonds is 3. The van der Waals surface area contributed by atoms with Crippen molar-refractivity contribution in [2.24, 2.45) is 0 Å². The minimum atomic E-state index is 0.507. The first-order valence-electron chi connectivity index (χ1n) is 5.76. The van der Waals surface area contributed by atoms with E-state index < -0.39 is 0 Å². The number of aromatic nitrogens is 1. The van der Waals surface area contributed by atoms with E-state index in [-0.39, 0.29) is 0 Å². The van der Waals surface area contributed by atoms with Crippen molar-refractivity contribution in [3.05, 3.63) is 28.0 Å². The third kappa shape index (κ3) is 3.32. The summed E-state index contributed by atoms with van der Waals surface area (Å²) >= 11 is 12.0. The average Bonchev–Trinajstić information content (AvgIpc) is 2.72. The van der Waals surface area contributed by atoms with Crippen LogP contribution < -0.4 is 0 Å². The van der Waals surface area contributed by atoms with Gasteiger partial charge in [0.05, 0.1) is 10.7 Å². The molecule has 17 heavy (non-hydrogen) atoms. The Morgan fingerprint density at radius 3 is 2.82 bits per heavy atom. The molecule has 0 aromatic carbocycles. The van der Waals surface area contributed by atoms with E-state index in [4.69, 9.17) is 23.2 Å². The zero-order valence-corrected chi connectivity index (χ0v) is 11.7. The van der Waals surface area contributed by atoms with Crippen molar-refractivity contribution in [1.82, 2.24) is 14.8 Å². The van der Waals surface area contributed by atoms with E-state index in [9.17, 15) is 0 Å². The lowest BCUT2D eigenvalue weighted by atomic mass is 10.2. The Morgan fingerprint density at radius 2 is 2.18 bits per heavy atom. The van der Waals surface area contributed by atoms with E-state index in [1.165, 1.54) is 6.42 Å². The molecule has 1 aromatic rings. The first-order valence-corrected chi connectivity index (χ1v) is 6.51. The van der Waals surface area contributed by atoms with Crippen molar-refractivity contribution in [3.63, 3.8) is 0 Å². The molecule has 5 heteroatoms. The Labute approximate surface area is 112 Å². The molecule has 1 aliphatic rings. The molecule has 0 spiro atoms. The van der Waals surface area contributed by atoms with Gasteiger partial charge < -0.3 is 4.90 Å². The maximum atomic E-state index is 6.12. The van der Waals surface area contributed by atoms with E-state index >= 15 is 0 Å². The molecular weight excluding hydrogens is 257 g/mol. The fourth-order valence-corrected chi connectivity index (χ4v) is 2.49. The van der Waals surface area contributed by atoms with Gasteiger partial charge in [0.15, 0.2) is 0 Å². The molecule has 0 N–H and O–H groups in total. The molecule has 94 valence electrons. The number of nitrogens with zero attached hydrogens (tertiary/aromatic N) is 3. The van der Waals surface area contributed by atoms with Crippen molar-refractivity contribution in [2.45, 2.75) is 19.0 Å². The Hall–Kier alpha value is -0.350. The summed E-state index contributed by atoms with van der Waals surface area (Å²) in [5.74, 6) is 0. The monoisotopic (exact) mass is 273 g/mol. The Balaban J connectivity index is 2.00. The number of pyridine rings is 1. The van der Waals surface area contributed by atoms with Gasteiger partial charge in [0.1, 0.15) is 5.15 Å². The molecule has 2 heterocycles. The van der Waals surface area contributed by atoms with Crippen LogP contribution in [0.3, 0.4) is 0 Å². The van der Waals surface area contributed by atoms with Gasteiger partial charge in [-0.25, -0.2) is 4.98 Å². The topological polar surface area (TPSA) is 19.4 Å². The van der Waals surface area contributed by atoms with Gasteiger partial charge in [0, 0.05) is 25.7 Å². The van der Waals surface area contributed by atoms with Crippen LogP contribution in [-0.2, 0) is 6.54 Å². The maximum absolute atomic E-state index is 6.12. The maximum Gasteiger partial charge on any atom is 0.129 e. The molecule has 1 aromatic heterocycles. The minimum Gasteiger partial charge on any atom is -0.305 e. The predicted molar refractivity (Wildman–Crippen MR) is 71.6 cm³/mol. The number of likely N-dealkylation sites (N-methyl/N-ethyl adjacent to an activating group) is 1. The summed E-state index contributed by atoms with van der Waals surface area (Å²) < 4.78 is 0. The lowest BCUT2D eigenvalue weighted by Crippen LogP contribution is -2.31. The smallest absolute Gasteiger partial charge is 0.129 e. The molecule has 1 atom stereocenters. The number of halogens is 2. The summed E-state index contributed by atoms with van der Waals surface area (Å²) in [4.78, 5) is 8.93. The summed E-state index contributed by atoms with van der Waals surface area (Å²) in [6, 6.07) is 4.17. The molecule has 1 unspecified atom stereocenters. The molecule has 0 aliphatic carbocycles. The normalized spacial score (nSPS) is 21.4. The standard InChI is InChI=1S/C12H17Cl2N3/c1-16(2)9-5-6-17(7-9)8-11-10(13)3-4-12(14)15-11/h3-4,9H,5-8H2,1-2H3. The van der Waals surface area contributed by atoms with Crippen LogP contribution in [0.4, 0.5) is 0 Å². The van der Waals surface area contributed by atoms with Crippen molar-refractivity contribution >= 4 is 23.2 Å². The number of hydrogen-bond acceptors (Lipinski definition) is 3. The second kappa shape index (κ2) is 5.53. The van der Waals surface area contributed by atoms with Gasteiger partial charge in [-0.2, -0.15) is 0 Å². The lowest BCUT2D eigenvalue weighted by molar-refractivity contribution is 0.263. The second-order valence-electron chi connectivity index (χ2n) is 4.70. The average molecular weight is 274 g/mol. The largest absolute Gasteiger partial charge is 0.305 e. The van der Waals surface area contributed by atoms with E-state index in [1.54, 1.807) is 6.07 Å². The van der Waals surface area contributed by atoms with E-state index in [1.807, 2.05) is 6.07 Å². The highest BCUT2D eigenvalue weighted by Crippen LogP contribution is 2.21. The van der Waals surface area contributed by atoms with Crippen LogP contribution in [0.1, 0.15) is 12.1 Å². The van der Waals surface area contributed by atoms with Crippen molar-refractivity contribution in [2.75, 3.05) is 27.2 Å². The summed E-state index contributed by atoms with van der Waals surface area (Å²) in [5, 5.41) is 1.20. The fraction of sp³-hybridized carbons (Fsp3) is 0.583. The molecular formula is C12H17Cl2N3. The second-order valence-corrected chi connectivity index (χ2v) is 5.50. The number of likely N-dealkylation sites (tertiary alicyclic amines) is 1. The Bertz CT molecular complexity index is 395. The van der Waals surface area contributed by atoms with Crippen LogP contribution in [0.5, 0.6) is 0 Å².